The van der Waals surface area contributed by atoms with Crippen molar-refractivity contribution < 1.29 is 0 Å². The van der Waals surface area contributed by atoms with Gasteiger partial charge in [0.05, 0.1) is 0 Å². The van der Waals surface area contributed by atoms with Gasteiger partial charge in [-0.05, 0) is 54.3 Å². The highest BCUT2D eigenvalue weighted by Gasteiger charge is 2.19. The first kappa shape index (κ1) is 13.7. The summed E-state index contributed by atoms with van der Waals surface area (Å²) in [6, 6.07) is 8.82. The highest BCUT2D eigenvalue weighted by molar-refractivity contribution is 5.79. The molecule has 20 heavy (non-hydrogen) atoms. The third-order valence-corrected chi connectivity index (χ3v) is 4.93. The zero-order chi connectivity index (χ0) is 13.8. The zero-order valence-electron chi connectivity index (χ0n) is 12.5. The summed E-state index contributed by atoms with van der Waals surface area (Å²) in [5, 5.41) is 4.95. The predicted molar refractivity (Wildman–Crippen MR) is 85.7 cm³/mol. The molecule has 2 aromatic rings. The molecular formula is C18H26N2. The highest BCUT2D eigenvalue weighted by atomic mass is 14.9. The van der Waals surface area contributed by atoms with Crippen LogP contribution in [0, 0.1) is 11.8 Å². The van der Waals surface area contributed by atoms with E-state index in [2.05, 4.69) is 41.5 Å². The van der Waals surface area contributed by atoms with Crippen LogP contribution in [0.5, 0.6) is 0 Å². The number of aromatic amines is 1. The quantitative estimate of drug-likeness (QED) is 0.824. The van der Waals surface area contributed by atoms with E-state index in [1.54, 1.807) is 0 Å². The number of benzene rings is 1. The van der Waals surface area contributed by atoms with E-state index in [0.29, 0.717) is 0 Å². The Bertz CT molecular complexity index is 535. The maximum atomic E-state index is 3.65. The molecular weight excluding hydrogens is 244 g/mol. The number of nitrogens with one attached hydrogen (secondary N) is 2. The molecule has 1 saturated carbocycles. The number of fused-ring (bicyclic) bond motifs is 1. The third-order valence-electron chi connectivity index (χ3n) is 4.93. The van der Waals surface area contributed by atoms with Gasteiger partial charge in [0.2, 0.25) is 0 Å². The number of rotatable bonds is 5. The summed E-state index contributed by atoms with van der Waals surface area (Å²) < 4.78 is 0. The van der Waals surface area contributed by atoms with Crippen LogP contribution >= 0.6 is 0 Å². The molecule has 0 unspecified atom stereocenters. The maximum Gasteiger partial charge on any atom is 0.0457 e. The molecule has 0 amide bonds. The topological polar surface area (TPSA) is 27.8 Å². The molecule has 0 bridgehead atoms. The van der Waals surface area contributed by atoms with Gasteiger partial charge >= 0.3 is 0 Å². The molecule has 0 saturated heterocycles. The molecule has 3 rings (SSSR count). The van der Waals surface area contributed by atoms with Crippen LogP contribution in [0.25, 0.3) is 10.9 Å². The Morgan fingerprint density at radius 1 is 1.10 bits per heavy atom. The van der Waals surface area contributed by atoms with Crippen molar-refractivity contribution in [2.45, 2.75) is 45.6 Å². The molecule has 0 aliphatic heterocycles. The van der Waals surface area contributed by atoms with Crippen molar-refractivity contribution in [3.8, 4) is 0 Å². The monoisotopic (exact) mass is 270 g/mol. The minimum atomic E-state index is 0.895. The van der Waals surface area contributed by atoms with Gasteiger partial charge < -0.3 is 10.3 Å². The number of hydrogen-bond acceptors (Lipinski definition) is 1. The summed E-state index contributed by atoms with van der Waals surface area (Å²) in [5.74, 6) is 1.90. The van der Waals surface area contributed by atoms with E-state index < -0.39 is 0 Å². The van der Waals surface area contributed by atoms with Crippen molar-refractivity contribution in [1.82, 2.24) is 10.3 Å². The van der Waals surface area contributed by atoms with Crippen LogP contribution in [0.1, 0.15) is 44.6 Å². The fourth-order valence-corrected chi connectivity index (χ4v) is 3.47. The second-order valence-corrected chi connectivity index (χ2v) is 6.33. The first-order chi connectivity index (χ1) is 9.85. The van der Waals surface area contributed by atoms with Gasteiger partial charge in [-0.3, -0.25) is 0 Å². The molecule has 1 fully saturated rings. The summed E-state index contributed by atoms with van der Waals surface area (Å²) in [5.41, 5.74) is 2.62. The Morgan fingerprint density at radius 3 is 2.70 bits per heavy atom. The SMILES string of the molecule is CCC1CCC(CNCc2ccc3cc[nH]c3c2)CC1. The van der Waals surface area contributed by atoms with Gasteiger partial charge in [-0.15, -0.1) is 0 Å². The van der Waals surface area contributed by atoms with Crippen LogP contribution in [-0.4, -0.2) is 11.5 Å². The van der Waals surface area contributed by atoms with Crippen molar-refractivity contribution in [1.29, 1.82) is 0 Å². The molecule has 1 heterocycles. The van der Waals surface area contributed by atoms with E-state index in [9.17, 15) is 0 Å². The Balaban J connectivity index is 1.45. The van der Waals surface area contributed by atoms with Crippen LogP contribution in [0.15, 0.2) is 30.5 Å². The molecule has 1 aliphatic rings. The number of aromatic nitrogens is 1. The first-order valence-corrected chi connectivity index (χ1v) is 8.12. The standard InChI is InChI=1S/C18H26N2/c1-2-14-3-5-15(6-4-14)12-19-13-16-7-8-17-9-10-20-18(17)11-16/h7-11,14-15,19-20H,2-6,12-13H2,1H3. The van der Waals surface area contributed by atoms with E-state index in [4.69, 9.17) is 0 Å². The smallest absolute Gasteiger partial charge is 0.0457 e. The number of H-pyrrole nitrogens is 1. The normalized spacial score (nSPS) is 23.2. The van der Waals surface area contributed by atoms with E-state index >= 15 is 0 Å². The van der Waals surface area contributed by atoms with E-state index in [0.717, 1.165) is 18.4 Å². The Kier molecular flexibility index (Phi) is 4.41. The number of hydrogen-bond donors (Lipinski definition) is 2. The van der Waals surface area contributed by atoms with E-state index in [1.807, 2.05) is 6.20 Å². The fraction of sp³-hybridized carbons (Fsp3) is 0.556. The first-order valence-electron chi connectivity index (χ1n) is 8.12. The summed E-state index contributed by atoms with van der Waals surface area (Å²) in [7, 11) is 0. The van der Waals surface area contributed by atoms with Crippen LogP contribution in [0.3, 0.4) is 0 Å². The Labute approximate surface area is 122 Å². The molecule has 0 spiro atoms. The van der Waals surface area contributed by atoms with Gasteiger partial charge in [0.25, 0.3) is 0 Å². The third kappa shape index (κ3) is 3.24. The van der Waals surface area contributed by atoms with Crippen LogP contribution in [0.2, 0.25) is 0 Å². The lowest BCUT2D eigenvalue weighted by Gasteiger charge is -2.27. The molecule has 0 radical (unpaired) electrons. The minimum absolute atomic E-state index is 0.895. The second kappa shape index (κ2) is 6.45. The largest absolute Gasteiger partial charge is 0.361 e. The predicted octanol–water partition coefficient (Wildman–Crippen LogP) is 4.47. The average Bonchev–Trinajstić information content (AvgIpc) is 2.95. The molecule has 0 atom stereocenters. The Hall–Kier alpha value is -1.28. The van der Waals surface area contributed by atoms with E-state index in [1.165, 1.54) is 55.1 Å². The highest BCUT2D eigenvalue weighted by Crippen LogP contribution is 2.30. The lowest BCUT2D eigenvalue weighted by molar-refractivity contribution is 0.262. The Morgan fingerprint density at radius 2 is 1.90 bits per heavy atom. The summed E-state index contributed by atoms with van der Waals surface area (Å²) in [6.07, 6.45) is 9.10. The van der Waals surface area contributed by atoms with Gasteiger partial charge in [0.15, 0.2) is 0 Å². The van der Waals surface area contributed by atoms with Gasteiger partial charge in [-0.2, -0.15) is 0 Å². The molecule has 2 nitrogen and oxygen atoms in total. The molecule has 108 valence electrons. The fourth-order valence-electron chi connectivity index (χ4n) is 3.47. The second-order valence-electron chi connectivity index (χ2n) is 6.33. The van der Waals surface area contributed by atoms with Crippen molar-refractivity contribution in [3.63, 3.8) is 0 Å². The van der Waals surface area contributed by atoms with Crippen molar-refractivity contribution in [3.05, 3.63) is 36.0 Å². The zero-order valence-corrected chi connectivity index (χ0v) is 12.5. The lowest BCUT2D eigenvalue weighted by Crippen LogP contribution is -2.26. The summed E-state index contributed by atoms with van der Waals surface area (Å²) >= 11 is 0. The van der Waals surface area contributed by atoms with E-state index in [-0.39, 0.29) is 0 Å². The van der Waals surface area contributed by atoms with Crippen LogP contribution in [0.4, 0.5) is 0 Å². The van der Waals surface area contributed by atoms with Crippen LogP contribution in [-0.2, 0) is 6.54 Å². The summed E-state index contributed by atoms with van der Waals surface area (Å²) in [6.45, 7) is 4.50. The van der Waals surface area contributed by atoms with Gasteiger partial charge in [-0.25, -0.2) is 0 Å². The van der Waals surface area contributed by atoms with Crippen LogP contribution < -0.4 is 5.32 Å². The maximum absolute atomic E-state index is 3.65. The molecule has 2 N–H and O–H groups in total. The van der Waals surface area contributed by atoms with Gasteiger partial charge in [0, 0.05) is 18.3 Å². The van der Waals surface area contributed by atoms with Crippen molar-refractivity contribution in [2.24, 2.45) is 11.8 Å². The van der Waals surface area contributed by atoms with Crippen molar-refractivity contribution in [2.75, 3.05) is 6.54 Å². The molecule has 1 aromatic carbocycles. The average molecular weight is 270 g/mol. The molecule has 2 heteroatoms. The van der Waals surface area contributed by atoms with Gasteiger partial charge in [-0.1, -0.05) is 38.3 Å². The minimum Gasteiger partial charge on any atom is -0.361 e. The summed E-state index contributed by atoms with van der Waals surface area (Å²) in [4.78, 5) is 3.28. The van der Waals surface area contributed by atoms with Crippen molar-refractivity contribution >= 4 is 10.9 Å². The molecule has 1 aromatic heterocycles. The lowest BCUT2D eigenvalue weighted by atomic mass is 9.81. The van der Waals surface area contributed by atoms with Gasteiger partial charge in [0.1, 0.15) is 0 Å². The molecule has 1 aliphatic carbocycles.